The first-order chi connectivity index (χ1) is 9.22. The van der Waals surface area contributed by atoms with Crippen molar-refractivity contribution in [2.75, 3.05) is 0 Å². The van der Waals surface area contributed by atoms with Gasteiger partial charge in [0.15, 0.2) is 0 Å². The number of nitrogens with one attached hydrogen (secondary N) is 1. The Balaban J connectivity index is 1.97. The fourth-order valence-corrected chi connectivity index (χ4v) is 3.92. The zero-order valence-electron chi connectivity index (χ0n) is 10.2. The molecule has 96 valence electrons. The largest absolute Gasteiger partial charge is 0.298 e. The van der Waals surface area contributed by atoms with Gasteiger partial charge in [0.2, 0.25) is 0 Å². The normalized spacial score (nSPS) is 30.1. The number of carbonyl (C=O) groups excluding carboxylic acids is 1. The maximum absolute atomic E-state index is 12.4. The molecule has 1 saturated carbocycles. The number of nitriles is 1. The minimum atomic E-state index is -0.512. The third-order valence-corrected chi connectivity index (χ3v) is 4.98. The highest BCUT2D eigenvalue weighted by Gasteiger charge is 2.49. The van der Waals surface area contributed by atoms with Crippen molar-refractivity contribution < 1.29 is 4.79 Å². The molecule has 1 saturated heterocycles. The van der Waals surface area contributed by atoms with Crippen LogP contribution in [0.4, 0.5) is 0 Å². The van der Waals surface area contributed by atoms with Gasteiger partial charge in [0.25, 0.3) is 0 Å². The van der Waals surface area contributed by atoms with Crippen LogP contribution in [-0.2, 0) is 4.79 Å². The fourth-order valence-electron chi connectivity index (χ4n) is 2.54. The van der Waals surface area contributed by atoms with Crippen molar-refractivity contribution >= 4 is 22.6 Å². The third kappa shape index (κ3) is 2.17. The lowest BCUT2D eigenvalue weighted by Gasteiger charge is -2.18. The Kier molecular flexibility index (Phi) is 3.11. The van der Waals surface area contributed by atoms with Crippen LogP contribution in [0.3, 0.4) is 0 Å². The van der Waals surface area contributed by atoms with Gasteiger partial charge in [0, 0.05) is 24.2 Å². The molecule has 0 aromatic carbocycles. The van der Waals surface area contributed by atoms with Gasteiger partial charge < -0.3 is 0 Å². The smallest absolute Gasteiger partial charge is 0.149 e. The molecule has 4 nitrogen and oxygen atoms in total. The summed E-state index contributed by atoms with van der Waals surface area (Å²) in [7, 11) is 0. The number of Topliss-reactive ketones (excluding diaryl/α,β-unsaturated/α-hetero) is 1. The van der Waals surface area contributed by atoms with E-state index in [4.69, 9.17) is 5.41 Å². The van der Waals surface area contributed by atoms with E-state index in [0.29, 0.717) is 5.04 Å². The maximum Gasteiger partial charge on any atom is 0.149 e. The molecule has 2 aliphatic rings. The van der Waals surface area contributed by atoms with Crippen molar-refractivity contribution in [2.45, 2.75) is 24.0 Å². The average molecular weight is 271 g/mol. The second-order valence-corrected chi connectivity index (χ2v) is 6.18. The molecule has 1 aliphatic carbocycles. The number of nitrogens with zero attached hydrogens (tertiary/aromatic N) is 2. The fraction of sp³-hybridized carbons (Fsp3) is 0.429. The van der Waals surface area contributed by atoms with E-state index in [-0.39, 0.29) is 22.9 Å². The Morgan fingerprint density at radius 1 is 1.53 bits per heavy atom. The van der Waals surface area contributed by atoms with E-state index in [1.54, 1.807) is 12.4 Å². The zero-order valence-corrected chi connectivity index (χ0v) is 11.1. The molecule has 1 aromatic heterocycles. The molecule has 1 aromatic rings. The van der Waals surface area contributed by atoms with Crippen LogP contribution in [0.1, 0.15) is 24.3 Å². The third-order valence-electron chi connectivity index (χ3n) is 3.69. The Labute approximate surface area is 115 Å². The first-order valence-electron chi connectivity index (χ1n) is 6.30. The molecule has 0 radical (unpaired) electrons. The van der Waals surface area contributed by atoms with E-state index in [2.05, 4.69) is 11.1 Å². The molecule has 1 unspecified atom stereocenters. The van der Waals surface area contributed by atoms with E-state index in [9.17, 15) is 10.1 Å². The summed E-state index contributed by atoms with van der Waals surface area (Å²) in [6.45, 7) is 0. The zero-order chi connectivity index (χ0) is 13.4. The summed E-state index contributed by atoms with van der Waals surface area (Å²) in [5, 5.41) is 17.3. The van der Waals surface area contributed by atoms with E-state index < -0.39 is 5.92 Å². The minimum Gasteiger partial charge on any atom is -0.298 e. The van der Waals surface area contributed by atoms with E-state index in [0.717, 1.165) is 18.4 Å². The second-order valence-electron chi connectivity index (χ2n) is 5.00. The van der Waals surface area contributed by atoms with Crippen molar-refractivity contribution in [2.24, 2.45) is 11.8 Å². The summed E-state index contributed by atoms with van der Waals surface area (Å²) in [6, 6.07) is 5.89. The van der Waals surface area contributed by atoms with Crippen molar-refractivity contribution in [3.8, 4) is 6.07 Å². The lowest BCUT2D eigenvalue weighted by Crippen LogP contribution is -2.25. The van der Waals surface area contributed by atoms with Crippen molar-refractivity contribution in [3.63, 3.8) is 0 Å². The van der Waals surface area contributed by atoms with Crippen LogP contribution < -0.4 is 0 Å². The molecule has 2 heterocycles. The number of thioether (sulfide) groups is 1. The van der Waals surface area contributed by atoms with Crippen molar-refractivity contribution in [3.05, 3.63) is 30.1 Å². The van der Waals surface area contributed by atoms with Crippen LogP contribution in [-0.4, -0.2) is 21.1 Å². The standard InChI is InChI=1S/C14H13N3OS/c15-6-10-11(9-2-1-5-17-7-9)13(19-14(10)16)12(18)8-3-4-8/h1-2,5,7-8,10-11,13,16H,3-4H2/t10?,11-,13-/m0/s1. The van der Waals surface area contributed by atoms with Gasteiger partial charge in [-0.2, -0.15) is 5.26 Å². The topological polar surface area (TPSA) is 77.6 Å². The van der Waals surface area contributed by atoms with Crippen LogP contribution >= 0.6 is 11.8 Å². The van der Waals surface area contributed by atoms with Gasteiger partial charge in [-0.05, 0) is 24.5 Å². The van der Waals surface area contributed by atoms with Gasteiger partial charge in [0.05, 0.1) is 16.4 Å². The van der Waals surface area contributed by atoms with Gasteiger partial charge in [0.1, 0.15) is 11.7 Å². The van der Waals surface area contributed by atoms with Crippen molar-refractivity contribution in [1.29, 1.82) is 10.7 Å². The number of rotatable bonds is 3. The Hall–Kier alpha value is -1.67. The highest BCUT2D eigenvalue weighted by atomic mass is 32.2. The molecule has 1 N–H and O–H groups in total. The molecule has 19 heavy (non-hydrogen) atoms. The lowest BCUT2D eigenvalue weighted by atomic mass is 9.83. The predicted molar refractivity (Wildman–Crippen MR) is 72.9 cm³/mol. The lowest BCUT2D eigenvalue weighted by molar-refractivity contribution is -0.120. The summed E-state index contributed by atoms with van der Waals surface area (Å²) in [5.41, 5.74) is 0.891. The monoisotopic (exact) mass is 271 g/mol. The summed E-state index contributed by atoms with van der Waals surface area (Å²) >= 11 is 1.26. The molecule has 3 rings (SSSR count). The predicted octanol–water partition coefficient (Wildman–Crippen LogP) is 2.38. The molecule has 0 spiro atoms. The molecule has 5 heteroatoms. The number of hydrogen-bond donors (Lipinski definition) is 1. The molecule has 2 fully saturated rings. The molecule has 0 bridgehead atoms. The van der Waals surface area contributed by atoms with Gasteiger partial charge >= 0.3 is 0 Å². The summed E-state index contributed by atoms with van der Waals surface area (Å²) in [6.07, 6.45) is 5.30. The van der Waals surface area contributed by atoms with Crippen molar-refractivity contribution in [1.82, 2.24) is 4.98 Å². The number of pyridine rings is 1. The Morgan fingerprint density at radius 3 is 2.89 bits per heavy atom. The van der Waals surface area contributed by atoms with Crippen LogP contribution in [0.15, 0.2) is 24.5 Å². The summed E-state index contributed by atoms with van der Waals surface area (Å²) in [4.78, 5) is 16.4. The molecular weight excluding hydrogens is 258 g/mol. The van der Waals surface area contributed by atoms with Gasteiger partial charge in [-0.1, -0.05) is 17.8 Å². The minimum absolute atomic E-state index is 0.155. The molecule has 0 amide bonds. The van der Waals surface area contributed by atoms with Gasteiger partial charge in [-0.25, -0.2) is 0 Å². The number of hydrogen-bond acceptors (Lipinski definition) is 5. The highest BCUT2D eigenvalue weighted by Crippen LogP contribution is 2.48. The number of aromatic nitrogens is 1. The number of ketones is 1. The van der Waals surface area contributed by atoms with Gasteiger partial charge in [-0.15, -0.1) is 0 Å². The van der Waals surface area contributed by atoms with Gasteiger partial charge in [-0.3, -0.25) is 15.2 Å². The average Bonchev–Trinajstić information content (AvgIpc) is 3.22. The second kappa shape index (κ2) is 4.78. The van der Waals surface area contributed by atoms with E-state index in [1.165, 1.54) is 11.8 Å². The first kappa shape index (κ1) is 12.4. The summed E-state index contributed by atoms with van der Waals surface area (Å²) < 4.78 is 0. The molecular formula is C14H13N3OS. The Bertz CT molecular complexity index is 562. The quantitative estimate of drug-likeness (QED) is 0.915. The van der Waals surface area contributed by atoms with Crippen LogP contribution in [0.25, 0.3) is 0 Å². The van der Waals surface area contributed by atoms with Crippen LogP contribution in [0.5, 0.6) is 0 Å². The number of carbonyl (C=O) groups is 1. The maximum atomic E-state index is 12.4. The summed E-state index contributed by atoms with van der Waals surface area (Å²) in [5.74, 6) is -0.366. The van der Waals surface area contributed by atoms with Crippen LogP contribution in [0, 0.1) is 28.6 Å². The first-order valence-corrected chi connectivity index (χ1v) is 7.18. The molecule has 1 aliphatic heterocycles. The Morgan fingerprint density at radius 2 is 2.32 bits per heavy atom. The highest BCUT2D eigenvalue weighted by molar-refractivity contribution is 8.15. The SMILES string of the molecule is N#CC1C(=N)S[C@H](C(=O)C2CC2)[C@H]1c1cccnc1. The van der Waals surface area contributed by atoms with E-state index in [1.807, 2.05) is 12.1 Å². The molecule has 3 atom stereocenters. The van der Waals surface area contributed by atoms with E-state index >= 15 is 0 Å². The van der Waals surface area contributed by atoms with Crippen LogP contribution in [0.2, 0.25) is 0 Å².